The van der Waals surface area contributed by atoms with Crippen molar-refractivity contribution in [3.05, 3.63) is 35.6 Å². The molecule has 0 saturated carbocycles. The van der Waals surface area contributed by atoms with Crippen LogP contribution in [-0.2, 0) is 16.0 Å². The first-order valence-corrected chi connectivity index (χ1v) is 10.6. The maximum Gasteiger partial charge on any atom is 0.390 e. The van der Waals surface area contributed by atoms with Crippen LogP contribution in [0.2, 0.25) is 0 Å². The topological polar surface area (TPSA) is 60.9 Å². The zero-order valence-corrected chi connectivity index (χ0v) is 17.2. The number of halogens is 4. The second-order valence-electron chi connectivity index (χ2n) is 8.65. The van der Waals surface area contributed by atoms with E-state index in [4.69, 9.17) is 9.90 Å². The summed E-state index contributed by atoms with van der Waals surface area (Å²) < 4.78 is 51.8. The van der Waals surface area contributed by atoms with Gasteiger partial charge in [0.2, 0.25) is 5.91 Å². The first-order chi connectivity index (χ1) is 14.7. The van der Waals surface area contributed by atoms with Gasteiger partial charge in [-0.3, -0.25) is 9.59 Å². The predicted octanol–water partition coefficient (Wildman–Crippen LogP) is 3.72. The van der Waals surface area contributed by atoms with Crippen molar-refractivity contribution in [1.82, 2.24) is 9.80 Å². The summed E-state index contributed by atoms with van der Waals surface area (Å²) in [6.45, 7) is 0.973. The molecule has 0 radical (unpaired) electrons. The van der Waals surface area contributed by atoms with Crippen molar-refractivity contribution >= 4 is 12.4 Å². The van der Waals surface area contributed by atoms with Crippen LogP contribution in [0, 0.1) is 17.7 Å². The molecule has 0 spiro atoms. The lowest BCUT2D eigenvalue weighted by molar-refractivity contribution is -0.155. The van der Waals surface area contributed by atoms with Crippen molar-refractivity contribution in [2.45, 2.75) is 56.8 Å². The maximum absolute atomic E-state index is 13.7. The fourth-order valence-corrected chi connectivity index (χ4v) is 5.51. The number of piperidine rings is 3. The summed E-state index contributed by atoms with van der Waals surface area (Å²) in [5.74, 6) is 0.216. The highest BCUT2D eigenvalue weighted by molar-refractivity contribution is 5.78. The third-order valence-corrected chi connectivity index (χ3v) is 6.62. The number of alkyl halides is 3. The average molecular weight is 444 g/mol. The van der Waals surface area contributed by atoms with E-state index in [9.17, 15) is 22.4 Å². The number of likely N-dealkylation sites (tertiary alicyclic amines) is 1. The predicted molar refractivity (Wildman–Crippen MR) is 106 cm³/mol. The molecule has 2 bridgehead atoms. The lowest BCUT2D eigenvalue weighted by Crippen LogP contribution is -2.65. The van der Waals surface area contributed by atoms with Crippen molar-refractivity contribution in [1.29, 1.82) is 0 Å². The summed E-state index contributed by atoms with van der Waals surface area (Å²) in [4.78, 5) is 25.1. The zero-order chi connectivity index (χ0) is 22.6. The molecule has 3 saturated heterocycles. The third-order valence-electron chi connectivity index (χ3n) is 6.62. The molecule has 4 atom stereocenters. The quantitative estimate of drug-likeness (QED) is 0.568. The second-order valence-corrected chi connectivity index (χ2v) is 8.65. The molecular weight excluding hydrogens is 416 g/mol. The molecule has 172 valence electrons. The Morgan fingerprint density at radius 1 is 1.19 bits per heavy atom. The number of carbonyl (C=O) groups excluding carboxylic acids is 1. The summed E-state index contributed by atoms with van der Waals surface area (Å²) in [6.07, 6.45) is -1.16. The molecular formula is C22H28F4N2O3. The summed E-state index contributed by atoms with van der Waals surface area (Å²) in [6, 6.07) is 6.47. The molecule has 3 fully saturated rings. The molecule has 0 unspecified atom stereocenters. The normalized spacial score (nSPS) is 28.4. The molecule has 3 aliphatic rings. The van der Waals surface area contributed by atoms with Crippen molar-refractivity contribution < 1.29 is 32.3 Å². The Morgan fingerprint density at radius 3 is 2.58 bits per heavy atom. The number of carboxylic acid groups (broad SMARTS) is 1. The van der Waals surface area contributed by atoms with Gasteiger partial charge in [-0.2, -0.15) is 13.2 Å². The largest absolute Gasteiger partial charge is 0.483 e. The van der Waals surface area contributed by atoms with Crippen LogP contribution in [0.15, 0.2) is 24.3 Å². The molecule has 3 aliphatic heterocycles. The zero-order valence-electron chi connectivity index (χ0n) is 17.2. The van der Waals surface area contributed by atoms with Gasteiger partial charge in [0.25, 0.3) is 6.47 Å². The minimum atomic E-state index is -4.15. The number of hydrogen-bond acceptors (Lipinski definition) is 3. The SMILES string of the molecule is O=C1CCC[C@H]2[C@@H]3C[C@@H](CN(CCC(F)(F)F)C3)[C@H](Cc3cccc(F)c3)N12.O=CO. The number of fused-ring (bicyclic) bond motifs is 4. The highest BCUT2D eigenvalue weighted by atomic mass is 19.4. The third kappa shape index (κ3) is 5.96. The van der Waals surface area contributed by atoms with E-state index in [0.717, 1.165) is 24.8 Å². The standard InChI is InChI=1S/C21H26F4N2O.CH2O2/c22-17-4-1-3-14(9-17)10-19-16-11-15(18-5-2-6-20(28)27(18)19)12-26(13-16)8-7-21(23,24)25;2-1-3/h1,3-4,9,15-16,18-19H,2,5-8,10-13H2;1H,(H,2,3)/t15-,16+,18+,19+;/m1./s1. The molecule has 0 aliphatic carbocycles. The van der Waals surface area contributed by atoms with Gasteiger partial charge in [0.05, 0.1) is 6.42 Å². The number of rotatable bonds is 4. The Hall–Kier alpha value is -2.16. The summed E-state index contributed by atoms with van der Waals surface area (Å²) in [7, 11) is 0. The molecule has 0 aromatic heterocycles. The maximum atomic E-state index is 13.7. The van der Waals surface area contributed by atoms with Crippen molar-refractivity contribution in [3.63, 3.8) is 0 Å². The smallest absolute Gasteiger partial charge is 0.390 e. The fraction of sp³-hybridized carbons (Fsp3) is 0.636. The van der Waals surface area contributed by atoms with Crippen LogP contribution in [0.3, 0.4) is 0 Å². The van der Waals surface area contributed by atoms with E-state index in [1.54, 1.807) is 6.07 Å². The molecule has 1 aromatic carbocycles. The van der Waals surface area contributed by atoms with E-state index in [0.29, 0.717) is 25.9 Å². The van der Waals surface area contributed by atoms with E-state index < -0.39 is 12.6 Å². The van der Waals surface area contributed by atoms with E-state index >= 15 is 0 Å². The molecule has 9 heteroatoms. The Kier molecular flexibility index (Phi) is 7.56. The molecule has 4 rings (SSSR count). The number of hydrogen-bond donors (Lipinski definition) is 1. The van der Waals surface area contributed by atoms with Gasteiger partial charge in [0.1, 0.15) is 5.82 Å². The Morgan fingerprint density at radius 2 is 1.90 bits per heavy atom. The number of benzene rings is 1. The van der Waals surface area contributed by atoms with Crippen LogP contribution >= 0.6 is 0 Å². The molecule has 31 heavy (non-hydrogen) atoms. The Balaban J connectivity index is 0.000000858. The van der Waals surface area contributed by atoms with Crippen LogP contribution in [0.1, 0.15) is 37.7 Å². The highest BCUT2D eigenvalue weighted by Crippen LogP contribution is 2.42. The van der Waals surface area contributed by atoms with E-state index in [1.807, 2.05) is 15.9 Å². The molecule has 1 N–H and O–H groups in total. The van der Waals surface area contributed by atoms with Crippen LogP contribution < -0.4 is 0 Å². The summed E-state index contributed by atoms with van der Waals surface area (Å²) in [5.41, 5.74) is 0.841. The van der Waals surface area contributed by atoms with Gasteiger partial charge >= 0.3 is 6.18 Å². The van der Waals surface area contributed by atoms with Crippen LogP contribution in [-0.4, -0.2) is 65.2 Å². The van der Waals surface area contributed by atoms with E-state index in [2.05, 4.69) is 0 Å². The first kappa shape index (κ1) is 23.5. The van der Waals surface area contributed by atoms with Crippen molar-refractivity contribution in [3.8, 4) is 0 Å². The van der Waals surface area contributed by atoms with Gasteiger partial charge in [-0.25, -0.2) is 4.39 Å². The number of amides is 1. The molecule has 5 nitrogen and oxygen atoms in total. The lowest BCUT2D eigenvalue weighted by Gasteiger charge is -2.57. The highest BCUT2D eigenvalue weighted by Gasteiger charge is 2.49. The summed E-state index contributed by atoms with van der Waals surface area (Å²) in [5, 5.41) is 6.89. The lowest BCUT2D eigenvalue weighted by atomic mass is 9.70. The first-order valence-electron chi connectivity index (χ1n) is 10.6. The Bertz CT molecular complexity index is 773. The molecule has 1 amide bonds. The average Bonchev–Trinajstić information content (AvgIpc) is 2.70. The minimum Gasteiger partial charge on any atom is -0.483 e. The fourth-order valence-electron chi connectivity index (χ4n) is 5.51. The summed E-state index contributed by atoms with van der Waals surface area (Å²) >= 11 is 0. The number of nitrogens with zero attached hydrogens (tertiary/aromatic N) is 2. The molecule has 1 aromatic rings. The van der Waals surface area contributed by atoms with Crippen molar-refractivity contribution in [2.75, 3.05) is 19.6 Å². The van der Waals surface area contributed by atoms with Gasteiger partial charge in [0, 0.05) is 38.1 Å². The van der Waals surface area contributed by atoms with E-state index in [-0.39, 0.29) is 48.7 Å². The van der Waals surface area contributed by atoms with Crippen molar-refractivity contribution in [2.24, 2.45) is 11.8 Å². The van der Waals surface area contributed by atoms with E-state index in [1.165, 1.54) is 12.1 Å². The van der Waals surface area contributed by atoms with Gasteiger partial charge < -0.3 is 14.9 Å². The minimum absolute atomic E-state index is 0.0177. The van der Waals surface area contributed by atoms with Gasteiger partial charge in [-0.1, -0.05) is 12.1 Å². The van der Waals surface area contributed by atoms with Crippen LogP contribution in [0.25, 0.3) is 0 Å². The van der Waals surface area contributed by atoms with Gasteiger partial charge in [0.15, 0.2) is 0 Å². The van der Waals surface area contributed by atoms with Crippen LogP contribution in [0.4, 0.5) is 17.6 Å². The van der Waals surface area contributed by atoms with Crippen LogP contribution in [0.5, 0.6) is 0 Å². The second kappa shape index (κ2) is 9.97. The monoisotopic (exact) mass is 444 g/mol. The number of carbonyl (C=O) groups is 2. The molecule has 3 heterocycles. The van der Waals surface area contributed by atoms with Gasteiger partial charge in [-0.05, 0) is 55.2 Å². The van der Waals surface area contributed by atoms with Gasteiger partial charge in [-0.15, -0.1) is 0 Å². The Labute approximate surface area is 179 Å².